The Morgan fingerprint density at radius 2 is 1.92 bits per heavy atom. The normalized spacial score (nSPS) is 20.0. The highest BCUT2D eigenvalue weighted by atomic mass is 32.2. The molecule has 6 heterocycles. The Morgan fingerprint density at radius 3 is 2.64 bits per heavy atom. The Morgan fingerprint density at radius 1 is 1.17 bits per heavy atom. The minimum Gasteiger partial charge on any atom is -0.485 e. The third-order valence-corrected chi connectivity index (χ3v) is 8.38. The fourth-order valence-corrected chi connectivity index (χ4v) is 6.03. The van der Waals surface area contributed by atoms with Crippen molar-refractivity contribution in [3.05, 3.63) is 42.5 Å². The van der Waals surface area contributed by atoms with Crippen LogP contribution < -0.4 is 15.0 Å². The fourth-order valence-electron chi connectivity index (χ4n) is 4.97. The van der Waals surface area contributed by atoms with Crippen LogP contribution in [0.3, 0.4) is 0 Å². The van der Waals surface area contributed by atoms with Gasteiger partial charge >= 0.3 is 0 Å². The van der Waals surface area contributed by atoms with E-state index in [1.807, 2.05) is 17.9 Å². The van der Waals surface area contributed by atoms with Crippen molar-refractivity contribution >= 4 is 34.0 Å². The molecule has 0 aliphatic carbocycles. The number of fused-ring (bicyclic) bond motifs is 2. The first-order valence-electron chi connectivity index (χ1n) is 12.5. The minimum absolute atomic E-state index is 0.0791. The molecule has 2 aromatic heterocycles. The van der Waals surface area contributed by atoms with Crippen molar-refractivity contribution in [2.45, 2.75) is 32.4 Å². The molecule has 6 rings (SSSR count). The molecule has 2 aromatic rings. The Labute approximate surface area is 214 Å². The highest BCUT2D eigenvalue weighted by Gasteiger charge is 2.34. The lowest BCUT2D eigenvalue weighted by atomic mass is 10.1. The maximum atomic E-state index is 11.6. The van der Waals surface area contributed by atoms with Gasteiger partial charge in [-0.3, -0.25) is 18.9 Å². The van der Waals surface area contributed by atoms with Crippen LogP contribution in [0.25, 0.3) is 0 Å². The Kier molecular flexibility index (Phi) is 7.47. The summed E-state index contributed by atoms with van der Waals surface area (Å²) in [5.41, 5.74) is 2.63. The molecule has 4 aliphatic rings. The van der Waals surface area contributed by atoms with Crippen LogP contribution in [0.5, 0.6) is 5.75 Å². The van der Waals surface area contributed by atoms with Crippen molar-refractivity contribution in [1.29, 1.82) is 0 Å². The number of ether oxygens (including phenoxy) is 1. The molecule has 1 amide bonds. The van der Waals surface area contributed by atoms with Gasteiger partial charge in [-0.15, -0.1) is 0 Å². The number of aromatic nitrogens is 3. The van der Waals surface area contributed by atoms with E-state index in [4.69, 9.17) is 4.74 Å². The average molecular weight is 512 g/mol. The number of pyridine rings is 1. The lowest BCUT2D eigenvalue weighted by molar-refractivity contribution is -0.132. The molecule has 0 spiro atoms. The van der Waals surface area contributed by atoms with E-state index >= 15 is 0 Å². The molecular weight excluding hydrogens is 478 g/mol. The number of nitrogens with one attached hydrogen (secondary N) is 1. The fraction of sp³-hybridized carbons (Fsp3) is 0.520. The predicted molar refractivity (Wildman–Crippen MR) is 140 cm³/mol. The van der Waals surface area contributed by atoms with Gasteiger partial charge in [0.2, 0.25) is 5.91 Å². The zero-order valence-corrected chi connectivity index (χ0v) is 21.5. The SMILES string of the molecule is C=CC(=O)N1CC(N2CCCC2)C1.Cc1nccc2c1OCc1c(ncnc1N1CCS(=O)CC1)N2. The summed E-state index contributed by atoms with van der Waals surface area (Å²) in [5, 5.41) is 3.33. The van der Waals surface area contributed by atoms with E-state index in [0.29, 0.717) is 24.2 Å². The van der Waals surface area contributed by atoms with E-state index in [1.165, 1.54) is 32.0 Å². The first-order chi connectivity index (χ1) is 17.5. The predicted octanol–water partition coefficient (Wildman–Crippen LogP) is 1.86. The van der Waals surface area contributed by atoms with E-state index in [2.05, 4.69) is 36.6 Å². The zero-order valence-electron chi connectivity index (χ0n) is 20.7. The summed E-state index contributed by atoms with van der Waals surface area (Å²) in [6.07, 6.45) is 7.36. The maximum absolute atomic E-state index is 11.6. The molecule has 0 aromatic carbocycles. The molecule has 192 valence electrons. The van der Waals surface area contributed by atoms with Gasteiger partial charge in [-0.1, -0.05) is 6.58 Å². The Bertz CT molecular complexity index is 1140. The van der Waals surface area contributed by atoms with Gasteiger partial charge in [0.25, 0.3) is 0 Å². The van der Waals surface area contributed by atoms with Crippen LogP contribution in [0.1, 0.15) is 24.1 Å². The topological polar surface area (TPSA) is 104 Å². The van der Waals surface area contributed by atoms with Crippen LogP contribution >= 0.6 is 0 Å². The number of amides is 1. The van der Waals surface area contributed by atoms with E-state index in [9.17, 15) is 9.00 Å². The number of anilines is 3. The van der Waals surface area contributed by atoms with Crippen LogP contribution in [0.4, 0.5) is 17.3 Å². The van der Waals surface area contributed by atoms with Crippen molar-refractivity contribution in [3.63, 3.8) is 0 Å². The maximum Gasteiger partial charge on any atom is 0.246 e. The standard InChI is InChI=1S/C15H17N5O2S.C10H16N2O/c1-10-13-12(2-3-16-10)19-14-11(8-22-13)15(18-9-17-14)20-4-6-23(21)7-5-20;1-2-10(13)12-7-9(8-12)11-5-3-4-6-11/h2-3,9H,4-8H2,1H3,(H,17,18,19);2,9H,1,3-8H2. The van der Waals surface area contributed by atoms with Crippen LogP contribution in [-0.2, 0) is 22.2 Å². The largest absolute Gasteiger partial charge is 0.485 e. The van der Waals surface area contributed by atoms with Crippen LogP contribution in [0.2, 0.25) is 0 Å². The number of carbonyl (C=O) groups is 1. The van der Waals surface area contributed by atoms with Crippen molar-refractivity contribution in [3.8, 4) is 5.75 Å². The molecule has 0 saturated carbocycles. The molecule has 0 unspecified atom stereocenters. The van der Waals surface area contributed by atoms with E-state index in [0.717, 1.165) is 60.5 Å². The third kappa shape index (κ3) is 5.22. The van der Waals surface area contributed by atoms with Gasteiger partial charge in [0.1, 0.15) is 24.6 Å². The highest BCUT2D eigenvalue weighted by Crippen LogP contribution is 2.37. The molecule has 0 bridgehead atoms. The molecule has 11 heteroatoms. The molecule has 0 atom stereocenters. The monoisotopic (exact) mass is 511 g/mol. The van der Waals surface area contributed by atoms with Crippen molar-refractivity contribution in [2.75, 3.05) is 61.0 Å². The number of nitrogens with zero attached hydrogens (tertiary/aromatic N) is 6. The summed E-state index contributed by atoms with van der Waals surface area (Å²) < 4.78 is 17.5. The number of aryl methyl sites for hydroxylation is 1. The van der Waals surface area contributed by atoms with Gasteiger partial charge in [-0.2, -0.15) is 0 Å². The summed E-state index contributed by atoms with van der Waals surface area (Å²) in [4.78, 5) is 30.7. The number of hydrogen-bond acceptors (Lipinski definition) is 9. The van der Waals surface area contributed by atoms with Crippen LogP contribution in [-0.4, -0.2) is 91.7 Å². The Balaban J connectivity index is 0.000000174. The first kappa shape index (κ1) is 24.6. The van der Waals surface area contributed by atoms with Crippen molar-refractivity contribution in [1.82, 2.24) is 24.8 Å². The molecule has 0 radical (unpaired) electrons. The van der Waals surface area contributed by atoms with E-state index < -0.39 is 10.8 Å². The molecule has 36 heavy (non-hydrogen) atoms. The van der Waals surface area contributed by atoms with Gasteiger partial charge in [0, 0.05) is 60.7 Å². The minimum atomic E-state index is -0.716. The smallest absolute Gasteiger partial charge is 0.246 e. The van der Waals surface area contributed by atoms with Gasteiger partial charge in [-0.25, -0.2) is 9.97 Å². The first-order valence-corrected chi connectivity index (χ1v) is 14.0. The molecule has 10 nitrogen and oxygen atoms in total. The summed E-state index contributed by atoms with van der Waals surface area (Å²) in [6, 6.07) is 2.51. The second-order valence-corrected chi connectivity index (χ2v) is 11.1. The average Bonchev–Trinajstić information content (AvgIpc) is 3.30. The molecule has 3 fully saturated rings. The lowest BCUT2D eigenvalue weighted by Gasteiger charge is -2.43. The van der Waals surface area contributed by atoms with Gasteiger partial charge in [-0.05, 0) is 45.0 Å². The molecule has 3 saturated heterocycles. The van der Waals surface area contributed by atoms with Crippen LogP contribution in [0.15, 0.2) is 31.2 Å². The number of hydrogen-bond donors (Lipinski definition) is 1. The van der Waals surface area contributed by atoms with Gasteiger partial charge in [0.15, 0.2) is 5.75 Å². The Hall–Kier alpha value is -3.05. The van der Waals surface area contributed by atoms with E-state index in [-0.39, 0.29) is 5.91 Å². The highest BCUT2D eigenvalue weighted by molar-refractivity contribution is 7.85. The lowest BCUT2D eigenvalue weighted by Crippen LogP contribution is -2.60. The molecule has 4 aliphatic heterocycles. The second-order valence-electron chi connectivity index (χ2n) is 9.39. The second kappa shape index (κ2) is 10.9. The van der Waals surface area contributed by atoms with Crippen LogP contribution in [0, 0.1) is 6.92 Å². The zero-order chi connectivity index (χ0) is 25.1. The summed E-state index contributed by atoms with van der Waals surface area (Å²) in [6.45, 7) is 11.5. The summed E-state index contributed by atoms with van der Waals surface area (Å²) in [5.74, 6) is 3.79. The van der Waals surface area contributed by atoms with Gasteiger partial charge in [0.05, 0.1) is 16.9 Å². The quantitative estimate of drug-likeness (QED) is 0.619. The summed E-state index contributed by atoms with van der Waals surface area (Å²) >= 11 is 0. The number of carbonyl (C=O) groups excluding carboxylic acids is 1. The molecule has 1 N–H and O–H groups in total. The van der Waals surface area contributed by atoms with E-state index in [1.54, 1.807) is 12.5 Å². The number of rotatable bonds is 3. The van der Waals surface area contributed by atoms with Crippen molar-refractivity contribution < 1.29 is 13.7 Å². The third-order valence-electron chi connectivity index (χ3n) is 7.10. The van der Waals surface area contributed by atoms with Crippen molar-refractivity contribution in [2.24, 2.45) is 0 Å². The summed E-state index contributed by atoms with van der Waals surface area (Å²) in [7, 11) is -0.716. The number of likely N-dealkylation sites (tertiary alicyclic amines) is 2. The molecular formula is C25H33N7O3S. The van der Waals surface area contributed by atoms with Gasteiger partial charge < -0.3 is 19.9 Å².